The predicted molar refractivity (Wildman–Crippen MR) is 69.9 cm³/mol. The Balaban J connectivity index is 3.60. The van der Waals surface area contributed by atoms with Gasteiger partial charge in [-0.1, -0.05) is 0 Å². The van der Waals surface area contributed by atoms with Crippen molar-refractivity contribution in [2.45, 2.75) is 19.3 Å². The summed E-state index contributed by atoms with van der Waals surface area (Å²) < 4.78 is 4.99. The fourth-order valence-corrected chi connectivity index (χ4v) is 1.52. The van der Waals surface area contributed by atoms with Crippen molar-refractivity contribution in [3.63, 3.8) is 0 Å². The standard InChI is InChI=1S/C12H27N3O2/c1-14(8-5-11-17-3)10-6-12(16)15(2)9-4-7-13/h4-11,13H2,1-3H3. The van der Waals surface area contributed by atoms with Crippen molar-refractivity contribution in [3.8, 4) is 0 Å². The molecule has 0 radical (unpaired) electrons. The first kappa shape index (κ1) is 16.4. The lowest BCUT2D eigenvalue weighted by Gasteiger charge is -2.20. The number of carbonyl (C=O) groups is 1. The third kappa shape index (κ3) is 9.09. The molecule has 0 heterocycles. The molecule has 5 nitrogen and oxygen atoms in total. The van der Waals surface area contributed by atoms with Crippen molar-refractivity contribution in [1.82, 2.24) is 9.80 Å². The van der Waals surface area contributed by atoms with Gasteiger partial charge in [-0.15, -0.1) is 0 Å². The van der Waals surface area contributed by atoms with E-state index in [1.807, 2.05) is 14.1 Å². The van der Waals surface area contributed by atoms with Gasteiger partial charge in [-0.25, -0.2) is 0 Å². The van der Waals surface area contributed by atoms with Crippen molar-refractivity contribution in [2.24, 2.45) is 5.73 Å². The van der Waals surface area contributed by atoms with Crippen LogP contribution in [0.4, 0.5) is 0 Å². The molecule has 0 fully saturated rings. The molecule has 0 bridgehead atoms. The molecule has 102 valence electrons. The van der Waals surface area contributed by atoms with Gasteiger partial charge in [-0.2, -0.15) is 0 Å². The van der Waals surface area contributed by atoms with E-state index in [1.165, 1.54) is 0 Å². The lowest BCUT2D eigenvalue weighted by atomic mass is 10.3. The summed E-state index contributed by atoms with van der Waals surface area (Å²) in [7, 11) is 5.57. The molecule has 17 heavy (non-hydrogen) atoms. The van der Waals surface area contributed by atoms with E-state index >= 15 is 0 Å². The van der Waals surface area contributed by atoms with Gasteiger partial charge < -0.3 is 20.3 Å². The Morgan fingerprint density at radius 1 is 1.18 bits per heavy atom. The molecule has 2 N–H and O–H groups in total. The maximum absolute atomic E-state index is 11.7. The Kier molecular flexibility index (Phi) is 10.1. The molecule has 0 spiro atoms. The highest BCUT2D eigenvalue weighted by Crippen LogP contribution is 1.96. The molecule has 5 heteroatoms. The quantitative estimate of drug-likeness (QED) is 0.557. The minimum atomic E-state index is 0.192. The zero-order valence-electron chi connectivity index (χ0n) is 11.4. The number of carbonyl (C=O) groups excluding carboxylic acids is 1. The van der Waals surface area contributed by atoms with Gasteiger partial charge >= 0.3 is 0 Å². The first-order valence-corrected chi connectivity index (χ1v) is 6.23. The normalized spacial score (nSPS) is 10.9. The minimum Gasteiger partial charge on any atom is -0.385 e. The second-order valence-electron chi connectivity index (χ2n) is 4.36. The first-order valence-electron chi connectivity index (χ1n) is 6.23. The van der Waals surface area contributed by atoms with Crippen molar-refractivity contribution in [1.29, 1.82) is 0 Å². The summed E-state index contributed by atoms with van der Waals surface area (Å²) in [4.78, 5) is 15.6. The van der Waals surface area contributed by atoms with Crippen LogP contribution in [0.25, 0.3) is 0 Å². The van der Waals surface area contributed by atoms with Crippen LogP contribution in [-0.2, 0) is 9.53 Å². The van der Waals surface area contributed by atoms with Crippen LogP contribution in [0.2, 0.25) is 0 Å². The smallest absolute Gasteiger partial charge is 0.223 e. The Labute approximate surface area is 105 Å². The highest BCUT2D eigenvalue weighted by atomic mass is 16.5. The molecule has 0 saturated heterocycles. The summed E-state index contributed by atoms with van der Waals surface area (Å²) >= 11 is 0. The third-order valence-corrected chi connectivity index (χ3v) is 2.72. The third-order valence-electron chi connectivity index (χ3n) is 2.72. The summed E-state index contributed by atoms with van der Waals surface area (Å²) in [5.74, 6) is 0.192. The number of hydrogen-bond acceptors (Lipinski definition) is 4. The maximum Gasteiger partial charge on any atom is 0.223 e. The van der Waals surface area contributed by atoms with E-state index in [0.717, 1.165) is 39.1 Å². The monoisotopic (exact) mass is 245 g/mol. The van der Waals surface area contributed by atoms with Crippen LogP contribution < -0.4 is 5.73 Å². The fraction of sp³-hybridized carbons (Fsp3) is 0.917. The summed E-state index contributed by atoms with van der Waals surface area (Å²) in [5.41, 5.74) is 5.41. The second-order valence-corrected chi connectivity index (χ2v) is 4.36. The number of nitrogens with zero attached hydrogens (tertiary/aromatic N) is 2. The topological polar surface area (TPSA) is 58.8 Å². The first-order chi connectivity index (χ1) is 8.11. The summed E-state index contributed by atoms with van der Waals surface area (Å²) in [6, 6.07) is 0. The van der Waals surface area contributed by atoms with E-state index in [9.17, 15) is 4.79 Å². The van der Waals surface area contributed by atoms with E-state index in [2.05, 4.69) is 4.90 Å². The lowest BCUT2D eigenvalue weighted by Crippen LogP contribution is -2.32. The van der Waals surface area contributed by atoms with Gasteiger partial charge in [0.15, 0.2) is 0 Å². The van der Waals surface area contributed by atoms with E-state index < -0.39 is 0 Å². The van der Waals surface area contributed by atoms with Crippen molar-refractivity contribution < 1.29 is 9.53 Å². The maximum atomic E-state index is 11.7. The molecule has 0 aromatic rings. The van der Waals surface area contributed by atoms with Gasteiger partial charge in [0.25, 0.3) is 0 Å². The lowest BCUT2D eigenvalue weighted by molar-refractivity contribution is -0.130. The summed E-state index contributed by atoms with van der Waals surface area (Å²) in [6.45, 7) is 3.93. The Morgan fingerprint density at radius 2 is 1.88 bits per heavy atom. The molecular formula is C12H27N3O2. The molecule has 0 aromatic carbocycles. The highest BCUT2D eigenvalue weighted by Gasteiger charge is 2.09. The number of rotatable bonds is 10. The zero-order valence-corrected chi connectivity index (χ0v) is 11.4. The van der Waals surface area contributed by atoms with Crippen LogP contribution in [0.15, 0.2) is 0 Å². The molecular weight excluding hydrogens is 218 g/mol. The van der Waals surface area contributed by atoms with Crippen LogP contribution in [0, 0.1) is 0 Å². The van der Waals surface area contributed by atoms with Gasteiger partial charge in [0.2, 0.25) is 5.91 Å². The molecule has 0 aliphatic heterocycles. The molecule has 0 rings (SSSR count). The molecule has 1 amide bonds. The molecule has 0 atom stereocenters. The average molecular weight is 245 g/mol. The van der Waals surface area contributed by atoms with Crippen molar-refractivity contribution in [3.05, 3.63) is 0 Å². The van der Waals surface area contributed by atoms with Crippen molar-refractivity contribution >= 4 is 5.91 Å². The molecule has 0 aromatic heterocycles. The molecule has 0 aliphatic rings. The van der Waals surface area contributed by atoms with Gasteiger partial charge in [-0.3, -0.25) is 4.79 Å². The number of amides is 1. The Morgan fingerprint density at radius 3 is 2.47 bits per heavy atom. The number of hydrogen-bond donors (Lipinski definition) is 1. The van der Waals surface area contributed by atoms with E-state index in [4.69, 9.17) is 10.5 Å². The van der Waals surface area contributed by atoms with Crippen LogP contribution in [-0.4, -0.2) is 69.7 Å². The highest BCUT2D eigenvalue weighted by molar-refractivity contribution is 5.76. The largest absolute Gasteiger partial charge is 0.385 e. The average Bonchev–Trinajstić information content (AvgIpc) is 2.33. The van der Waals surface area contributed by atoms with Crippen LogP contribution in [0.1, 0.15) is 19.3 Å². The molecule has 0 unspecified atom stereocenters. The molecule has 0 aliphatic carbocycles. The number of methoxy groups -OCH3 is 1. The fourth-order valence-electron chi connectivity index (χ4n) is 1.52. The van der Waals surface area contributed by atoms with Gasteiger partial charge in [0, 0.05) is 46.8 Å². The van der Waals surface area contributed by atoms with Gasteiger partial charge in [0.05, 0.1) is 0 Å². The Bertz CT molecular complexity index is 200. The van der Waals surface area contributed by atoms with Crippen LogP contribution >= 0.6 is 0 Å². The van der Waals surface area contributed by atoms with Gasteiger partial charge in [0.1, 0.15) is 0 Å². The molecule has 0 saturated carbocycles. The van der Waals surface area contributed by atoms with E-state index in [-0.39, 0.29) is 5.91 Å². The zero-order chi connectivity index (χ0) is 13.1. The van der Waals surface area contributed by atoms with Crippen LogP contribution in [0.5, 0.6) is 0 Å². The summed E-state index contributed by atoms with van der Waals surface area (Å²) in [5, 5.41) is 0. The van der Waals surface area contributed by atoms with E-state index in [1.54, 1.807) is 12.0 Å². The predicted octanol–water partition coefficient (Wildman–Crippen LogP) is 0.152. The number of ether oxygens (including phenoxy) is 1. The Hall–Kier alpha value is -0.650. The summed E-state index contributed by atoms with van der Waals surface area (Å²) in [6.07, 6.45) is 2.45. The minimum absolute atomic E-state index is 0.192. The van der Waals surface area contributed by atoms with Gasteiger partial charge in [-0.05, 0) is 26.4 Å². The number of nitrogens with two attached hydrogens (primary N) is 1. The van der Waals surface area contributed by atoms with Crippen LogP contribution in [0.3, 0.4) is 0 Å². The SMILES string of the molecule is COCCCN(C)CCC(=O)N(C)CCCN. The second kappa shape index (κ2) is 10.5. The van der Waals surface area contributed by atoms with E-state index in [0.29, 0.717) is 13.0 Å². The van der Waals surface area contributed by atoms with Crippen molar-refractivity contribution in [2.75, 3.05) is 54.0 Å².